The quantitative estimate of drug-likeness (QED) is 0.906. The fraction of sp³-hybridized carbons (Fsp3) is 0.167. The minimum absolute atomic E-state index is 0.0106. The Labute approximate surface area is 121 Å². The average Bonchev–Trinajstić information content (AvgIpc) is 2.75. The fourth-order valence-corrected chi connectivity index (χ4v) is 3.15. The highest BCUT2D eigenvalue weighted by Crippen LogP contribution is 2.25. The molecule has 0 amide bonds. The summed E-state index contributed by atoms with van der Waals surface area (Å²) in [5.74, 6) is -0.539. The largest absolute Gasteiger partial charge is 0.352 e. The zero-order valence-corrected chi connectivity index (χ0v) is 12.2. The van der Waals surface area contributed by atoms with Gasteiger partial charge in [-0.25, -0.2) is 12.8 Å². The summed E-state index contributed by atoms with van der Waals surface area (Å²) in [4.78, 5) is 0.0702. The van der Waals surface area contributed by atoms with Crippen molar-refractivity contribution in [2.24, 2.45) is 12.8 Å². The zero-order chi connectivity index (χ0) is 14.9. The monoisotopic (exact) mass is 317 g/mol. The van der Waals surface area contributed by atoms with Crippen molar-refractivity contribution in [3.8, 4) is 0 Å². The molecule has 0 aliphatic heterocycles. The van der Waals surface area contributed by atoms with E-state index in [2.05, 4.69) is 4.72 Å². The van der Waals surface area contributed by atoms with Gasteiger partial charge in [0.2, 0.25) is 0 Å². The lowest BCUT2D eigenvalue weighted by molar-refractivity contribution is 0.601. The van der Waals surface area contributed by atoms with E-state index in [1.54, 1.807) is 11.6 Å². The van der Waals surface area contributed by atoms with Crippen molar-refractivity contribution in [2.45, 2.75) is 11.4 Å². The second-order valence-electron chi connectivity index (χ2n) is 4.21. The maximum atomic E-state index is 12.9. The molecule has 0 spiro atoms. The maximum Gasteiger partial charge on any atom is 0.263 e. The van der Waals surface area contributed by atoms with Crippen LogP contribution in [0.5, 0.6) is 0 Å². The second kappa shape index (κ2) is 5.43. The number of nitrogens with zero attached hydrogens (tertiary/aromatic N) is 1. The molecule has 0 aliphatic rings. The highest BCUT2D eigenvalue weighted by atomic mass is 35.5. The molecule has 0 atom stereocenters. The Balaban J connectivity index is 2.35. The van der Waals surface area contributed by atoms with Crippen molar-refractivity contribution >= 4 is 27.3 Å². The molecule has 1 heterocycles. The molecule has 108 valence electrons. The molecule has 0 radical (unpaired) electrons. The van der Waals surface area contributed by atoms with Crippen molar-refractivity contribution in [1.82, 2.24) is 4.57 Å². The van der Waals surface area contributed by atoms with Crippen LogP contribution >= 0.6 is 11.6 Å². The van der Waals surface area contributed by atoms with Crippen molar-refractivity contribution in [3.05, 3.63) is 47.0 Å². The van der Waals surface area contributed by atoms with E-state index in [4.69, 9.17) is 17.3 Å². The van der Waals surface area contributed by atoms with E-state index in [9.17, 15) is 12.8 Å². The first-order valence-electron chi connectivity index (χ1n) is 5.66. The van der Waals surface area contributed by atoms with Crippen molar-refractivity contribution in [3.63, 3.8) is 0 Å². The summed E-state index contributed by atoms with van der Waals surface area (Å²) < 4.78 is 41.3. The molecule has 0 aliphatic carbocycles. The smallest absolute Gasteiger partial charge is 0.263 e. The normalized spacial score (nSPS) is 11.6. The molecule has 1 aromatic carbocycles. The van der Waals surface area contributed by atoms with Crippen LogP contribution in [0.4, 0.5) is 10.1 Å². The lowest BCUT2D eigenvalue weighted by Crippen LogP contribution is -2.12. The predicted octanol–water partition coefficient (Wildman–Crippen LogP) is 2.08. The van der Waals surface area contributed by atoms with E-state index in [0.29, 0.717) is 5.69 Å². The number of nitrogens with two attached hydrogens (primary N) is 1. The Morgan fingerprint density at radius 1 is 1.40 bits per heavy atom. The topological polar surface area (TPSA) is 77.1 Å². The first-order chi connectivity index (χ1) is 9.33. The van der Waals surface area contributed by atoms with Gasteiger partial charge in [-0.05, 0) is 24.3 Å². The van der Waals surface area contributed by atoms with Gasteiger partial charge in [0.25, 0.3) is 10.0 Å². The summed E-state index contributed by atoms with van der Waals surface area (Å²) in [6.07, 6.45) is 1.45. The van der Waals surface area contributed by atoms with Gasteiger partial charge in [-0.1, -0.05) is 11.6 Å². The van der Waals surface area contributed by atoms with Crippen LogP contribution < -0.4 is 10.5 Å². The molecule has 2 aromatic rings. The van der Waals surface area contributed by atoms with Gasteiger partial charge in [-0.15, -0.1) is 0 Å². The van der Waals surface area contributed by atoms with Gasteiger partial charge in [0.1, 0.15) is 10.7 Å². The van der Waals surface area contributed by atoms with E-state index in [-0.39, 0.29) is 22.2 Å². The average molecular weight is 318 g/mol. The number of aromatic nitrogens is 1. The third kappa shape index (κ3) is 2.95. The van der Waals surface area contributed by atoms with Gasteiger partial charge in [-0.3, -0.25) is 4.72 Å². The number of halogens is 2. The van der Waals surface area contributed by atoms with E-state index in [1.807, 2.05) is 0 Å². The van der Waals surface area contributed by atoms with Gasteiger partial charge in [0.15, 0.2) is 0 Å². The van der Waals surface area contributed by atoms with Gasteiger partial charge >= 0.3 is 0 Å². The first-order valence-corrected chi connectivity index (χ1v) is 7.53. The second-order valence-corrected chi connectivity index (χ2v) is 6.30. The molecule has 8 heteroatoms. The van der Waals surface area contributed by atoms with E-state index < -0.39 is 15.8 Å². The van der Waals surface area contributed by atoms with Crippen LogP contribution in [0, 0.1) is 5.82 Å². The molecule has 0 bridgehead atoms. The maximum absolute atomic E-state index is 12.9. The molecular weight excluding hydrogens is 305 g/mol. The number of anilines is 1. The van der Waals surface area contributed by atoms with Gasteiger partial charge in [-0.2, -0.15) is 0 Å². The summed E-state index contributed by atoms with van der Waals surface area (Å²) in [5, 5.41) is -0.0106. The van der Waals surface area contributed by atoms with Crippen LogP contribution in [-0.2, 0) is 23.6 Å². The molecule has 20 heavy (non-hydrogen) atoms. The van der Waals surface area contributed by atoms with Gasteiger partial charge < -0.3 is 10.3 Å². The lowest BCUT2D eigenvalue weighted by atomic mass is 10.3. The molecule has 3 N–H and O–H groups in total. The van der Waals surface area contributed by atoms with Crippen LogP contribution in [0.2, 0.25) is 5.02 Å². The van der Waals surface area contributed by atoms with Crippen LogP contribution in [0.25, 0.3) is 0 Å². The third-order valence-electron chi connectivity index (χ3n) is 2.78. The number of hydrogen-bond acceptors (Lipinski definition) is 3. The van der Waals surface area contributed by atoms with Crippen LogP contribution in [0.15, 0.2) is 35.4 Å². The fourth-order valence-electron chi connectivity index (χ4n) is 1.70. The molecule has 5 nitrogen and oxygen atoms in total. The van der Waals surface area contributed by atoms with Crippen LogP contribution in [0.3, 0.4) is 0 Å². The SMILES string of the molecule is Cn1cc(S(=O)(=O)Nc2ccc(F)cc2Cl)cc1CN. The highest BCUT2D eigenvalue weighted by Gasteiger charge is 2.18. The number of sulfonamides is 1. The minimum atomic E-state index is -3.79. The standard InChI is InChI=1S/C12H13ClFN3O2S/c1-17-7-10(5-9(17)6-15)20(18,19)16-12-3-2-8(14)4-11(12)13/h2-5,7,16H,6,15H2,1H3. The number of benzene rings is 1. The predicted molar refractivity (Wildman–Crippen MR) is 75.5 cm³/mol. The Hall–Kier alpha value is -1.57. The summed E-state index contributed by atoms with van der Waals surface area (Å²) >= 11 is 5.79. The minimum Gasteiger partial charge on any atom is -0.352 e. The Bertz CT molecular complexity index is 743. The number of nitrogens with one attached hydrogen (secondary N) is 1. The summed E-state index contributed by atoms with van der Waals surface area (Å²) in [5.41, 5.74) is 6.30. The summed E-state index contributed by atoms with van der Waals surface area (Å²) in [6.45, 7) is 0.226. The van der Waals surface area contributed by atoms with E-state index >= 15 is 0 Å². The molecule has 0 saturated heterocycles. The van der Waals surface area contributed by atoms with Crippen LogP contribution in [-0.4, -0.2) is 13.0 Å². The van der Waals surface area contributed by atoms with E-state index in [1.165, 1.54) is 18.3 Å². The Morgan fingerprint density at radius 2 is 2.10 bits per heavy atom. The molecular formula is C12H13ClFN3O2S. The summed E-state index contributed by atoms with van der Waals surface area (Å²) in [6, 6.07) is 4.90. The third-order valence-corrected chi connectivity index (χ3v) is 4.42. The van der Waals surface area contributed by atoms with Crippen molar-refractivity contribution < 1.29 is 12.8 Å². The molecule has 0 fully saturated rings. The first kappa shape index (κ1) is 14.8. The number of rotatable bonds is 4. The van der Waals surface area contributed by atoms with Gasteiger partial charge in [0, 0.05) is 25.5 Å². The highest BCUT2D eigenvalue weighted by molar-refractivity contribution is 7.92. The summed E-state index contributed by atoms with van der Waals surface area (Å²) in [7, 11) is -2.09. The Morgan fingerprint density at radius 3 is 2.65 bits per heavy atom. The van der Waals surface area contributed by atoms with Crippen LogP contribution in [0.1, 0.15) is 5.69 Å². The molecule has 0 saturated carbocycles. The Kier molecular flexibility index (Phi) is 4.03. The number of hydrogen-bond donors (Lipinski definition) is 2. The van der Waals surface area contributed by atoms with E-state index in [0.717, 1.165) is 12.1 Å². The molecule has 1 aromatic heterocycles. The van der Waals surface area contributed by atoms with Gasteiger partial charge in [0.05, 0.1) is 10.7 Å². The van der Waals surface area contributed by atoms with Crippen molar-refractivity contribution in [1.29, 1.82) is 0 Å². The number of aryl methyl sites for hydroxylation is 1. The lowest BCUT2D eigenvalue weighted by Gasteiger charge is -2.08. The van der Waals surface area contributed by atoms with Crippen molar-refractivity contribution in [2.75, 3.05) is 4.72 Å². The zero-order valence-electron chi connectivity index (χ0n) is 10.6. The molecule has 2 rings (SSSR count). The molecule has 0 unspecified atom stereocenters.